The Balaban J connectivity index is 0.00000121. The monoisotopic (exact) mass is 344 g/mol. The first-order valence-electron chi connectivity index (χ1n) is 8.27. The van der Waals surface area contributed by atoms with E-state index in [1.54, 1.807) is 5.56 Å². The Kier molecular flexibility index (Phi) is 8.20. The smallest absolute Gasteiger partial charge is 0.0380 e. The minimum atomic E-state index is 0. The fourth-order valence-electron chi connectivity index (χ4n) is 4.06. The number of benzene rings is 1. The van der Waals surface area contributed by atoms with Crippen molar-refractivity contribution in [1.82, 2.24) is 10.2 Å². The van der Waals surface area contributed by atoms with Crippen molar-refractivity contribution in [1.29, 1.82) is 0 Å². The maximum Gasteiger partial charge on any atom is 0.0380 e. The number of aryl methyl sites for hydroxylation is 2. The predicted octanol–water partition coefficient (Wildman–Crippen LogP) is 4.28. The molecule has 22 heavy (non-hydrogen) atoms. The summed E-state index contributed by atoms with van der Waals surface area (Å²) in [7, 11) is 0. The molecule has 1 aliphatic carbocycles. The van der Waals surface area contributed by atoms with Crippen molar-refractivity contribution in [3.63, 3.8) is 0 Å². The standard InChI is InChI=1S/C18H28N2.2ClH/c1-14-7-8-15(2)17(13-14)18(16-5-3-4-6-16)20-11-9-19-10-12-20;;/h7-8,13,16,18-19H,3-6,9-12H2,1-2H3;2*1H/t18-;;/m0../s1. The average Bonchev–Trinajstić information content (AvgIpc) is 2.98. The molecule has 2 fully saturated rings. The van der Waals surface area contributed by atoms with Crippen LogP contribution >= 0.6 is 24.8 Å². The number of rotatable bonds is 3. The van der Waals surface area contributed by atoms with Crippen molar-refractivity contribution < 1.29 is 0 Å². The summed E-state index contributed by atoms with van der Waals surface area (Å²) in [6.45, 7) is 9.22. The van der Waals surface area contributed by atoms with Gasteiger partial charge in [0.15, 0.2) is 0 Å². The molecule has 3 rings (SSSR count). The van der Waals surface area contributed by atoms with Crippen LogP contribution in [0.5, 0.6) is 0 Å². The van der Waals surface area contributed by atoms with Crippen LogP contribution in [0.25, 0.3) is 0 Å². The van der Waals surface area contributed by atoms with E-state index in [1.165, 1.54) is 49.9 Å². The molecular weight excluding hydrogens is 315 g/mol. The average molecular weight is 345 g/mol. The van der Waals surface area contributed by atoms with Crippen LogP contribution in [-0.2, 0) is 0 Å². The summed E-state index contributed by atoms with van der Waals surface area (Å²) < 4.78 is 0. The Morgan fingerprint density at radius 2 is 1.68 bits per heavy atom. The highest BCUT2D eigenvalue weighted by Crippen LogP contribution is 2.40. The third-order valence-corrected chi connectivity index (χ3v) is 5.14. The molecule has 0 amide bonds. The molecule has 1 saturated heterocycles. The van der Waals surface area contributed by atoms with Crippen LogP contribution in [0.3, 0.4) is 0 Å². The Bertz CT molecular complexity index is 452. The Hall–Kier alpha value is -0.280. The summed E-state index contributed by atoms with van der Waals surface area (Å²) in [5.74, 6) is 0.869. The molecule has 2 aliphatic rings. The number of hydrogen-bond acceptors (Lipinski definition) is 2. The molecule has 1 atom stereocenters. The fraction of sp³-hybridized carbons (Fsp3) is 0.667. The first kappa shape index (κ1) is 19.8. The Morgan fingerprint density at radius 3 is 2.32 bits per heavy atom. The zero-order valence-electron chi connectivity index (χ0n) is 13.8. The second-order valence-corrected chi connectivity index (χ2v) is 6.64. The lowest BCUT2D eigenvalue weighted by Gasteiger charge is -2.39. The van der Waals surface area contributed by atoms with Crippen LogP contribution in [-0.4, -0.2) is 31.1 Å². The van der Waals surface area contributed by atoms with Crippen molar-refractivity contribution in [3.05, 3.63) is 34.9 Å². The molecule has 0 spiro atoms. The third-order valence-electron chi connectivity index (χ3n) is 5.14. The van der Waals surface area contributed by atoms with E-state index in [9.17, 15) is 0 Å². The first-order valence-corrected chi connectivity index (χ1v) is 8.27. The van der Waals surface area contributed by atoms with E-state index >= 15 is 0 Å². The second-order valence-electron chi connectivity index (χ2n) is 6.64. The van der Waals surface area contributed by atoms with E-state index < -0.39 is 0 Å². The van der Waals surface area contributed by atoms with Crippen molar-refractivity contribution in [2.24, 2.45) is 5.92 Å². The molecule has 1 saturated carbocycles. The molecule has 0 aromatic heterocycles. The highest BCUT2D eigenvalue weighted by molar-refractivity contribution is 5.85. The molecule has 1 aromatic rings. The van der Waals surface area contributed by atoms with Crippen molar-refractivity contribution in [2.75, 3.05) is 26.2 Å². The van der Waals surface area contributed by atoms with Gasteiger partial charge >= 0.3 is 0 Å². The molecule has 1 aromatic carbocycles. The topological polar surface area (TPSA) is 15.3 Å². The molecule has 0 unspecified atom stereocenters. The minimum absolute atomic E-state index is 0. The van der Waals surface area contributed by atoms with Gasteiger partial charge in [-0.2, -0.15) is 0 Å². The van der Waals surface area contributed by atoms with Gasteiger partial charge in [-0.3, -0.25) is 4.90 Å². The lowest BCUT2D eigenvalue weighted by atomic mass is 9.86. The van der Waals surface area contributed by atoms with Gasteiger partial charge in [-0.15, -0.1) is 24.8 Å². The third kappa shape index (κ3) is 4.38. The summed E-state index contributed by atoms with van der Waals surface area (Å²) in [6, 6.07) is 7.66. The van der Waals surface area contributed by atoms with Crippen LogP contribution in [0.15, 0.2) is 18.2 Å². The van der Waals surface area contributed by atoms with E-state index in [0.717, 1.165) is 19.0 Å². The zero-order chi connectivity index (χ0) is 13.9. The van der Waals surface area contributed by atoms with Gasteiger partial charge in [0.25, 0.3) is 0 Å². The first-order chi connectivity index (χ1) is 9.75. The van der Waals surface area contributed by atoms with Gasteiger partial charge in [0, 0.05) is 32.2 Å². The van der Waals surface area contributed by atoms with E-state index in [-0.39, 0.29) is 24.8 Å². The van der Waals surface area contributed by atoms with E-state index in [2.05, 4.69) is 42.3 Å². The number of nitrogens with zero attached hydrogens (tertiary/aromatic N) is 1. The van der Waals surface area contributed by atoms with Crippen LogP contribution < -0.4 is 5.32 Å². The van der Waals surface area contributed by atoms with Crippen molar-refractivity contribution in [3.8, 4) is 0 Å². The summed E-state index contributed by atoms with van der Waals surface area (Å²) in [5, 5.41) is 3.50. The fourth-order valence-corrected chi connectivity index (χ4v) is 4.06. The SMILES string of the molecule is Cc1ccc(C)c([C@H](C2CCCC2)N2CCNCC2)c1.Cl.Cl. The number of halogens is 2. The lowest BCUT2D eigenvalue weighted by molar-refractivity contribution is 0.125. The van der Waals surface area contributed by atoms with Crippen LogP contribution in [0.4, 0.5) is 0 Å². The second kappa shape index (κ2) is 9.12. The quantitative estimate of drug-likeness (QED) is 0.879. The van der Waals surface area contributed by atoms with Gasteiger partial charge in [-0.05, 0) is 43.7 Å². The molecule has 0 radical (unpaired) electrons. The summed E-state index contributed by atoms with van der Waals surface area (Å²) >= 11 is 0. The molecule has 0 bridgehead atoms. The summed E-state index contributed by atoms with van der Waals surface area (Å²) in [4.78, 5) is 2.74. The minimum Gasteiger partial charge on any atom is -0.314 e. The lowest BCUT2D eigenvalue weighted by Crippen LogP contribution is -2.46. The number of hydrogen-bond donors (Lipinski definition) is 1. The van der Waals surface area contributed by atoms with Crippen LogP contribution in [0, 0.1) is 19.8 Å². The number of piperazine rings is 1. The molecular formula is C18H30Cl2N2. The van der Waals surface area contributed by atoms with Gasteiger partial charge in [0.05, 0.1) is 0 Å². The zero-order valence-corrected chi connectivity index (χ0v) is 15.4. The molecule has 2 nitrogen and oxygen atoms in total. The molecule has 1 aliphatic heterocycles. The normalized spacial score (nSPS) is 21.0. The van der Waals surface area contributed by atoms with Gasteiger partial charge in [-0.25, -0.2) is 0 Å². The maximum absolute atomic E-state index is 3.50. The van der Waals surface area contributed by atoms with E-state index in [1.807, 2.05) is 0 Å². The van der Waals surface area contributed by atoms with Crippen molar-refractivity contribution >= 4 is 24.8 Å². The van der Waals surface area contributed by atoms with Gasteiger partial charge in [-0.1, -0.05) is 36.6 Å². The highest BCUT2D eigenvalue weighted by Gasteiger charge is 2.32. The summed E-state index contributed by atoms with van der Waals surface area (Å²) in [6.07, 6.45) is 5.69. The molecule has 1 N–H and O–H groups in total. The molecule has 1 heterocycles. The summed E-state index contributed by atoms with van der Waals surface area (Å²) in [5.41, 5.74) is 4.48. The Labute approximate surface area is 147 Å². The van der Waals surface area contributed by atoms with E-state index in [0.29, 0.717) is 6.04 Å². The van der Waals surface area contributed by atoms with Crippen LogP contribution in [0.2, 0.25) is 0 Å². The largest absolute Gasteiger partial charge is 0.314 e. The van der Waals surface area contributed by atoms with Gasteiger partial charge < -0.3 is 5.32 Å². The highest BCUT2D eigenvalue weighted by atomic mass is 35.5. The van der Waals surface area contributed by atoms with E-state index in [4.69, 9.17) is 0 Å². The molecule has 126 valence electrons. The molecule has 4 heteroatoms. The van der Waals surface area contributed by atoms with Crippen LogP contribution in [0.1, 0.15) is 48.4 Å². The van der Waals surface area contributed by atoms with Crippen molar-refractivity contribution in [2.45, 2.75) is 45.6 Å². The van der Waals surface area contributed by atoms with Gasteiger partial charge in [0.2, 0.25) is 0 Å². The number of nitrogens with one attached hydrogen (secondary N) is 1. The maximum atomic E-state index is 3.50. The predicted molar refractivity (Wildman–Crippen MR) is 99.6 cm³/mol. The Morgan fingerprint density at radius 1 is 1.05 bits per heavy atom. The van der Waals surface area contributed by atoms with Gasteiger partial charge in [0.1, 0.15) is 0 Å².